The van der Waals surface area contributed by atoms with Gasteiger partial charge in [-0.2, -0.15) is 5.10 Å². The minimum Gasteiger partial charge on any atom is -0.385 e. The van der Waals surface area contributed by atoms with Gasteiger partial charge in [-0.15, -0.1) is 0 Å². The Hall–Kier alpha value is -4.54. The summed E-state index contributed by atoms with van der Waals surface area (Å²) >= 11 is 0. The summed E-state index contributed by atoms with van der Waals surface area (Å²) in [4.78, 5) is 55.3. The Morgan fingerprint density at radius 1 is 0.975 bits per heavy atom. The lowest BCUT2D eigenvalue weighted by atomic mass is 9.80. The molecule has 4 amide bonds. The predicted molar refractivity (Wildman–Crippen MR) is 145 cm³/mol. The summed E-state index contributed by atoms with van der Waals surface area (Å²) in [6, 6.07) is 10.1. The standard InChI is InChI=1S/C29H29N7O4/c30-24-3-1-2-22(32-24)21-14-35(34-26(21)16-4-5-16)18-10-15(11-18)13-31-17-6-7-19-20(12-17)29(40)36(28(19)39)23-8-9-25(37)33-27(23)38/h1-3,6-7,12,14-16,18,23,31H,4-5,8-11,13H2,(H2,30,32)(H,33,37,38). The highest BCUT2D eigenvalue weighted by Crippen LogP contribution is 2.45. The molecule has 0 spiro atoms. The fourth-order valence-electron chi connectivity index (χ4n) is 5.98. The number of piperidine rings is 1. The van der Waals surface area contributed by atoms with Crippen LogP contribution in [0.15, 0.2) is 42.6 Å². The van der Waals surface area contributed by atoms with Crippen molar-refractivity contribution in [3.8, 4) is 11.3 Å². The van der Waals surface area contributed by atoms with Crippen molar-refractivity contribution >= 4 is 35.1 Å². The van der Waals surface area contributed by atoms with Gasteiger partial charge in [0.2, 0.25) is 11.8 Å². The fourth-order valence-corrected chi connectivity index (χ4v) is 5.98. The number of pyridine rings is 1. The predicted octanol–water partition coefficient (Wildman–Crippen LogP) is 2.87. The van der Waals surface area contributed by atoms with Crippen LogP contribution in [-0.4, -0.2) is 55.9 Å². The van der Waals surface area contributed by atoms with Gasteiger partial charge in [0.1, 0.15) is 11.9 Å². The lowest BCUT2D eigenvalue weighted by molar-refractivity contribution is -0.136. The first-order valence-corrected chi connectivity index (χ1v) is 13.8. The van der Waals surface area contributed by atoms with Gasteiger partial charge in [0.15, 0.2) is 0 Å². The van der Waals surface area contributed by atoms with Crippen LogP contribution in [0.2, 0.25) is 0 Å². The second-order valence-corrected chi connectivity index (χ2v) is 11.2. The Morgan fingerprint density at radius 2 is 1.77 bits per heavy atom. The minimum atomic E-state index is -0.966. The van der Waals surface area contributed by atoms with Crippen LogP contribution in [0.5, 0.6) is 0 Å². The molecular formula is C29H29N7O4. The van der Waals surface area contributed by atoms with Crippen LogP contribution < -0.4 is 16.4 Å². The molecule has 2 saturated carbocycles. The number of fused-ring (bicyclic) bond motifs is 1. The molecule has 4 heterocycles. The molecule has 4 aliphatic rings. The average Bonchev–Trinajstić information content (AvgIpc) is 3.62. The van der Waals surface area contributed by atoms with E-state index in [4.69, 9.17) is 10.8 Å². The highest BCUT2D eigenvalue weighted by atomic mass is 16.2. The molecule has 204 valence electrons. The lowest BCUT2D eigenvalue weighted by Gasteiger charge is -2.35. The van der Waals surface area contributed by atoms with Gasteiger partial charge in [-0.3, -0.25) is 34.1 Å². The van der Waals surface area contributed by atoms with Gasteiger partial charge in [0, 0.05) is 36.3 Å². The summed E-state index contributed by atoms with van der Waals surface area (Å²) in [5.74, 6) is -0.560. The fraction of sp³-hybridized carbons (Fsp3) is 0.379. The van der Waals surface area contributed by atoms with Gasteiger partial charge in [0.25, 0.3) is 11.8 Å². The number of carbonyl (C=O) groups is 4. The van der Waals surface area contributed by atoms with E-state index in [1.807, 2.05) is 12.1 Å². The first-order chi connectivity index (χ1) is 19.4. The molecule has 0 bridgehead atoms. The number of carbonyl (C=O) groups excluding carboxylic acids is 4. The first-order valence-electron chi connectivity index (χ1n) is 13.8. The molecule has 1 saturated heterocycles. The van der Waals surface area contributed by atoms with Gasteiger partial charge in [0.05, 0.1) is 28.6 Å². The summed E-state index contributed by atoms with van der Waals surface area (Å²) in [7, 11) is 0. The van der Waals surface area contributed by atoms with Crippen LogP contribution in [0.1, 0.15) is 76.9 Å². The van der Waals surface area contributed by atoms with E-state index in [0.29, 0.717) is 23.7 Å². The maximum absolute atomic E-state index is 13.1. The third kappa shape index (κ3) is 4.21. The summed E-state index contributed by atoms with van der Waals surface area (Å²) in [5, 5.41) is 10.6. The van der Waals surface area contributed by atoms with E-state index in [1.54, 1.807) is 24.3 Å². The second-order valence-electron chi connectivity index (χ2n) is 11.2. The number of nitrogens with zero attached hydrogens (tertiary/aromatic N) is 4. The van der Waals surface area contributed by atoms with Crippen molar-refractivity contribution in [2.75, 3.05) is 17.6 Å². The van der Waals surface area contributed by atoms with E-state index in [9.17, 15) is 19.2 Å². The summed E-state index contributed by atoms with van der Waals surface area (Å²) in [5.41, 5.74) is 10.3. The van der Waals surface area contributed by atoms with E-state index in [-0.39, 0.29) is 24.0 Å². The van der Waals surface area contributed by atoms with Gasteiger partial charge < -0.3 is 11.1 Å². The van der Waals surface area contributed by atoms with Crippen molar-refractivity contribution in [2.45, 2.75) is 56.5 Å². The maximum Gasteiger partial charge on any atom is 0.262 e. The molecule has 11 heteroatoms. The van der Waals surface area contributed by atoms with Crippen LogP contribution in [0.25, 0.3) is 11.3 Å². The van der Waals surface area contributed by atoms with Crippen molar-refractivity contribution in [1.29, 1.82) is 0 Å². The molecule has 3 aromatic rings. The number of nitrogens with two attached hydrogens (primary N) is 1. The zero-order chi connectivity index (χ0) is 27.5. The lowest BCUT2D eigenvalue weighted by Crippen LogP contribution is -2.54. The second kappa shape index (κ2) is 9.29. The van der Waals surface area contributed by atoms with Crippen LogP contribution in [0, 0.1) is 5.92 Å². The number of imide groups is 2. The van der Waals surface area contributed by atoms with E-state index >= 15 is 0 Å². The number of hydrogen-bond donors (Lipinski definition) is 3. The minimum absolute atomic E-state index is 0.0957. The van der Waals surface area contributed by atoms with Crippen LogP contribution in [0.3, 0.4) is 0 Å². The highest BCUT2D eigenvalue weighted by molar-refractivity contribution is 6.23. The third-order valence-corrected chi connectivity index (χ3v) is 8.39. The zero-order valence-electron chi connectivity index (χ0n) is 21.8. The van der Waals surface area contributed by atoms with E-state index in [2.05, 4.69) is 26.5 Å². The smallest absolute Gasteiger partial charge is 0.262 e. The van der Waals surface area contributed by atoms with Gasteiger partial charge in [-0.25, -0.2) is 4.98 Å². The summed E-state index contributed by atoms with van der Waals surface area (Å²) in [6.45, 7) is 0.731. The molecule has 4 N–H and O–H groups in total. The molecule has 11 nitrogen and oxygen atoms in total. The number of hydrogen-bond acceptors (Lipinski definition) is 8. The number of nitrogens with one attached hydrogen (secondary N) is 2. The van der Waals surface area contributed by atoms with Crippen molar-refractivity contribution in [2.24, 2.45) is 5.92 Å². The van der Waals surface area contributed by atoms with Crippen LogP contribution >= 0.6 is 0 Å². The van der Waals surface area contributed by atoms with Crippen molar-refractivity contribution in [3.05, 3.63) is 59.4 Å². The molecule has 2 aliphatic carbocycles. The normalized spacial score (nSPS) is 24.1. The molecular weight excluding hydrogens is 510 g/mol. The number of nitrogen functional groups attached to an aromatic ring is 1. The van der Waals surface area contributed by atoms with Crippen molar-refractivity contribution < 1.29 is 19.2 Å². The molecule has 40 heavy (non-hydrogen) atoms. The average molecular weight is 540 g/mol. The molecule has 1 unspecified atom stereocenters. The number of benzene rings is 1. The molecule has 7 rings (SSSR count). The monoisotopic (exact) mass is 539 g/mol. The molecule has 1 atom stereocenters. The SMILES string of the molecule is Nc1cccc(-c2cn(C3CC(CNc4ccc5c(c4)C(=O)N(C4CCC(=O)NC4=O)C5=O)C3)nc2C2CC2)n1. The van der Waals surface area contributed by atoms with Crippen molar-refractivity contribution in [3.63, 3.8) is 0 Å². The molecule has 0 radical (unpaired) electrons. The van der Waals surface area contributed by atoms with Gasteiger partial charge in [-0.05, 0) is 68.4 Å². The Bertz CT molecular complexity index is 1570. The third-order valence-electron chi connectivity index (χ3n) is 8.39. The largest absolute Gasteiger partial charge is 0.385 e. The van der Waals surface area contributed by atoms with E-state index in [0.717, 1.165) is 59.8 Å². The number of anilines is 2. The highest BCUT2D eigenvalue weighted by Gasteiger charge is 2.44. The number of amides is 4. The molecule has 3 fully saturated rings. The summed E-state index contributed by atoms with van der Waals surface area (Å²) < 4.78 is 2.09. The topological polar surface area (TPSA) is 152 Å². The molecule has 1 aromatic carbocycles. The Morgan fingerprint density at radius 3 is 2.52 bits per heavy atom. The number of rotatable bonds is 7. The Balaban J connectivity index is 0.989. The zero-order valence-corrected chi connectivity index (χ0v) is 21.8. The Kier molecular flexibility index (Phi) is 5.69. The van der Waals surface area contributed by atoms with Crippen LogP contribution in [0.4, 0.5) is 11.5 Å². The summed E-state index contributed by atoms with van der Waals surface area (Å²) in [6.07, 6.45) is 6.62. The quantitative estimate of drug-likeness (QED) is 0.388. The first kappa shape index (κ1) is 24.5. The number of aromatic nitrogens is 3. The van der Waals surface area contributed by atoms with Gasteiger partial charge in [-0.1, -0.05) is 6.07 Å². The van der Waals surface area contributed by atoms with Gasteiger partial charge >= 0.3 is 0 Å². The van der Waals surface area contributed by atoms with E-state index in [1.165, 1.54) is 0 Å². The van der Waals surface area contributed by atoms with E-state index < -0.39 is 29.7 Å². The molecule has 2 aromatic heterocycles. The Labute approximate surface area is 230 Å². The van der Waals surface area contributed by atoms with Crippen LogP contribution in [-0.2, 0) is 9.59 Å². The van der Waals surface area contributed by atoms with Crippen molar-refractivity contribution in [1.82, 2.24) is 25.0 Å². The molecule has 2 aliphatic heterocycles. The maximum atomic E-state index is 13.1.